The number of anilines is 1. The number of morpholine rings is 1. The van der Waals surface area contributed by atoms with E-state index in [1.807, 2.05) is 12.1 Å². The molecule has 11 heteroatoms. The van der Waals surface area contributed by atoms with Crippen molar-refractivity contribution in [2.75, 3.05) is 65.1 Å². The van der Waals surface area contributed by atoms with Crippen LogP contribution in [0.4, 0.5) is 5.13 Å². The van der Waals surface area contributed by atoms with Crippen molar-refractivity contribution in [1.82, 2.24) is 9.88 Å². The summed E-state index contributed by atoms with van der Waals surface area (Å²) in [6, 6.07) is 10.8. The highest BCUT2D eigenvalue weighted by Crippen LogP contribution is 2.39. The first-order valence-corrected chi connectivity index (χ1v) is 12.3. The Labute approximate surface area is 220 Å². The highest BCUT2D eigenvalue weighted by molar-refractivity contribution is 7.23. The molecular weight excluding hydrogens is 513 g/mol. The zero-order chi connectivity index (χ0) is 23.9. The number of methoxy groups -OCH3 is 2. The van der Waals surface area contributed by atoms with Crippen LogP contribution in [0.2, 0.25) is 5.02 Å². The number of rotatable bonds is 10. The highest BCUT2D eigenvalue weighted by atomic mass is 35.5. The normalized spacial score (nSPS) is 13.8. The number of fused-ring (bicyclic) bond motifs is 1. The van der Waals surface area contributed by atoms with Gasteiger partial charge in [0.15, 0.2) is 23.2 Å². The monoisotopic (exact) mass is 541 g/mol. The highest BCUT2D eigenvalue weighted by Gasteiger charge is 2.23. The standard InChI is InChI=1S/C24H28ClN3O5S.ClH/c1-30-18-6-3-4-7-19(18)33-16-21(29)28(11-5-10-27-12-14-32-15-13-27)24-26-22-20(31-2)9-8-17(25)23(22)34-24;/h3-4,6-9H,5,10-16H2,1-2H3;1H. The van der Waals surface area contributed by atoms with Crippen molar-refractivity contribution < 1.29 is 23.7 Å². The lowest BCUT2D eigenvalue weighted by Gasteiger charge is -2.27. The predicted octanol–water partition coefficient (Wildman–Crippen LogP) is 4.52. The van der Waals surface area contributed by atoms with Crippen LogP contribution < -0.4 is 19.1 Å². The van der Waals surface area contributed by atoms with Crippen LogP contribution in [0.25, 0.3) is 10.2 Å². The fourth-order valence-electron chi connectivity index (χ4n) is 3.78. The van der Waals surface area contributed by atoms with E-state index in [1.165, 1.54) is 11.3 Å². The molecule has 1 aliphatic rings. The average molecular weight is 542 g/mol. The molecule has 0 spiro atoms. The van der Waals surface area contributed by atoms with Gasteiger partial charge < -0.3 is 18.9 Å². The van der Waals surface area contributed by atoms with E-state index in [0.29, 0.717) is 39.5 Å². The summed E-state index contributed by atoms with van der Waals surface area (Å²) in [5, 5.41) is 1.14. The van der Waals surface area contributed by atoms with Gasteiger partial charge in [0, 0.05) is 26.2 Å². The van der Waals surface area contributed by atoms with Gasteiger partial charge in [-0.15, -0.1) is 12.4 Å². The number of amides is 1. The van der Waals surface area contributed by atoms with Gasteiger partial charge >= 0.3 is 0 Å². The number of benzene rings is 2. The van der Waals surface area contributed by atoms with Crippen LogP contribution in [0.1, 0.15) is 6.42 Å². The lowest BCUT2D eigenvalue weighted by atomic mass is 10.3. The van der Waals surface area contributed by atoms with Crippen molar-refractivity contribution in [2.45, 2.75) is 6.42 Å². The lowest BCUT2D eigenvalue weighted by molar-refractivity contribution is -0.120. The summed E-state index contributed by atoms with van der Waals surface area (Å²) in [6.45, 7) is 4.52. The predicted molar refractivity (Wildman–Crippen MR) is 141 cm³/mol. The van der Waals surface area contributed by atoms with E-state index in [4.69, 9.17) is 35.5 Å². The topological polar surface area (TPSA) is 73.4 Å². The molecule has 0 unspecified atom stereocenters. The van der Waals surface area contributed by atoms with Gasteiger partial charge in [-0.25, -0.2) is 4.98 Å². The van der Waals surface area contributed by atoms with Gasteiger partial charge in [-0.2, -0.15) is 0 Å². The minimum atomic E-state index is -0.193. The summed E-state index contributed by atoms with van der Waals surface area (Å²) < 4.78 is 22.8. The number of nitrogens with zero attached hydrogens (tertiary/aromatic N) is 3. The fourth-order valence-corrected chi connectivity index (χ4v) is 5.08. The molecule has 2 aromatic carbocycles. The van der Waals surface area contributed by atoms with Crippen molar-refractivity contribution in [3.63, 3.8) is 0 Å². The molecule has 1 saturated heterocycles. The summed E-state index contributed by atoms with van der Waals surface area (Å²) >= 11 is 7.79. The smallest absolute Gasteiger partial charge is 0.266 e. The Balaban J connectivity index is 0.00000342. The van der Waals surface area contributed by atoms with Crippen LogP contribution in [0, 0.1) is 0 Å². The van der Waals surface area contributed by atoms with Gasteiger partial charge in [-0.3, -0.25) is 14.6 Å². The third kappa shape index (κ3) is 6.68. The van der Waals surface area contributed by atoms with Crippen LogP contribution in [0.5, 0.6) is 17.2 Å². The van der Waals surface area contributed by atoms with Gasteiger partial charge in [-0.1, -0.05) is 35.1 Å². The number of hydrogen-bond donors (Lipinski definition) is 0. The van der Waals surface area contributed by atoms with Gasteiger partial charge in [0.25, 0.3) is 5.91 Å². The number of carbonyl (C=O) groups is 1. The van der Waals surface area contributed by atoms with Crippen molar-refractivity contribution >= 4 is 56.6 Å². The maximum Gasteiger partial charge on any atom is 0.266 e. The molecule has 0 radical (unpaired) electrons. The van der Waals surface area contributed by atoms with Crippen LogP contribution >= 0.6 is 35.3 Å². The first kappa shape index (κ1) is 27.3. The molecule has 8 nitrogen and oxygen atoms in total. The van der Waals surface area contributed by atoms with E-state index in [9.17, 15) is 4.79 Å². The molecule has 0 bridgehead atoms. The number of para-hydroxylation sites is 2. The van der Waals surface area contributed by atoms with Crippen molar-refractivity contribution in [3.8, 4) is 17.2 Å². The molecule has 1 fully saturated rings. The van der Waals surface area contributed by atoms with E-state index in [0.717, 1.165) is 44.0 Å². The second kappa shape index (κ2) is 13.1. The van der Waals surface area contributed by atoms with Gasteiger partial charge in [0.1, 0.15) is 11.3 Å². The second-order valence-electron chi connectivity index (χ2n) is 7.72. The van der Waals surface area contributed by atoms with Gasteiger partial charge in [-0.05, 0) is 30.7 Å². The molecular formula is C24H29Cl2N3O5S. The number of ether oxygens (including phenoxy) is 4. The molecule has 1 aromatic heterocycles. The van der Waals surface area contributed by atoms with Gasteiger partial charge in [0.05, 0.1) is 37.2 Å². The SMILES string of the molecule is COc1ccccc1OCC(=O)N(CCCN1CCOCC1)c1nc2c(OC)ccc(Cl)c2s1.Cl. The summed E-state index contributed by atoms with van der Waals surface area (Å²) in [6.07, 6.45) is 0.793. The van der Waals surface area contributed by atoms with E-state index >= 15 is 0 Å². The first-order valence-electron chi connectivity index (χ1n) is 11.1. The largest absolute Gasteiger partial charge is 0.494 e. The summed E-state index contributed by atoms with van der Waals surface area (Å²) in [5.41, 5.74) is 0.645. The molecule has 2 heterocycles. The zero-order valence-corrected chi connectivity index (χ0v) is 22.1. The Hall–Kier alpha value is -2.30. The Morgan fingerprint density at radius 2 is 1.83 bits per heavy atom. The Morgan fingerprint density at radius 3 is 2.54 bits per heavy atom. The van der Waals surface area contributed by atoms with E-state index < -0.39 is 0 Å². The van der Waals surface area contributed by atoms with Crippen molar-refractivity contribution in [3.05, 3.63) is 41.4 Å². The van der Waals surface area contributed by atoms with Crippen LogP contribution in [0.3, 0.4) is 0 Å². The van der Waals surface area contributed by atoms with Crippen LogP contribution in [0.15, 0.2) is 36.4 Å². The third-order valence-corrected chi connectivity index (χ3v) is 7.12. The molecule has 0 atom stereocenters. The number of halogens is 2. The minimum absolute atomic E-state index is 0. The Kier molecular flexibility index (Phi) is 10.2. The molecule has 190 valence electrons. The second-order valence-corrected chi connectivity index (χ2v) is 9.10. The zero-order valence-electron chi connectivity index (χ0n) is 19.7. The summed E-state index contributed by atoms with van der Waals surface area (Å²) in [7, 11) is 3.16. The Morgan fingerprint density at radius 1 is 1.11 bits per heavy atom. The molecule has 0 aliphatic carbocycles. The number of carbonyl (C=O) groups excluding carboxylic acids is 1. The van der Waals surface area contributed by atoms with Crippen LogP contribution in [-0.4, -0.2) is 76.0 Å². The van der Waals surface area contributed by atoms with Gasteiger partial charge in [0.2, 0.25) is 0 Å². The third-order valence-electron chi connectivity index (χ3n) is 5.58. The Bertz CT molecular complexity index is 1120. The minimum Gasteiger partial charge on any atom is -0.494 e. The van der Waals surface area contributed by atoms with E-state index in [1.54, 1.807) is 43.4 Å². The maximum absolute atomic E-state index is 13.3. The molecule has 3 aromatic rings. The molecule has 1 amide bonds. The molecule has 4 rings (SSSR count). The van der Waals surface area contributed by atoms with Crippen LogP contribution in [-0.2, 0) is 9.53 Å². The fraction of sp³-hybridized carbons (Fsp3) is 0.417. The number of aromatic nitrogens is 1. The molecule has 0 saturated carbocycles. The number of hydrogen-bond acceptors (Lipinski definition) is 8. The maximum atomic E-state index is 13.3. The van der Waals surface area contributed by atoms with E-state index in [2.05, 4.69) is 4.90 Å². The molecule has 1 aliphatic heterocycles. The number of thiazole rings is 1. The van der Waals surface area contributed by atoms with E-state index in [-0.39, 0.29) is 24.9 Å². The summed E-state index contributed by atoms with van der Waals surface area (Å²) in [5.74, 6) is 1.52. The quantitative estimate of drug-likeness (QED) is 0.373. The van der Waals surface area contributed by atoms with Crippen molar-refractivity contribution in [1.29, 1.82) is 0 Å². The molecule has 35 heavy (non-hydrogen) atoms. The molecule has 0 N–H and O–H groups in total. The summed E-state index contributed by atoms with van der Waals surface area (Å²) in [4.78, 5) is 22.1. The van der Waals surface area contributed by atoms with Crippen molar-refractivity contribution in [2.24, 2.45) is 0 Å². The first-order chi connectivity index (χ1) is 16.6. The average Bonchev–Trinajstić information content (AvgIpc) is 3.32. The lowest BCUT2D eigenvalue weighted by Crippen LogP contribution is -2.40.